The first-order valence-corrected chi connectivity index (χ1v) is 7.65. The predicted octanol–water partition coefficient (Wildman–Crippen LogP) is 0.846. The molecule has 2 rings (SSSR count). The summed E-state index contributed by atoms with van der Waals surface area (Å²) in [6.07, 6.45) is 2.91. The maximum absolute atomic E-state index is 11.8. The Balaban J connectivity index is 1.96. The molecule has 2 amide bonds. The van der Waals surface area contributed by atoms with E-state index in [2.05, 4.69) is 27.8 Å². The smallest absolute Gasteiger partial charge is 0.309 e. The van der Waals surface area contributed by atoms with Gasteiger partial charge in [0.15, 0.2) is 0 Å². The van der Waals surface area contributed by atoms with Crippen molar-refractivity contribution in [3.05, 3.63) is 40.3 Å². The van der Waals surface area contributed by atoms with E-state index in [1.165, 1.54) is 0 Å². The first-order chi connectivity index (χ1) is 11.1. The third kappa shape index (κ3) is 4.38. The molecule has 0 bridgehead atoms. The highest BCUT2D eigenvalue weighted by Gasteiger charge is 2.13. The van der Waals surface area contributed by atoms with Crippen LogP contribution in [0.1, 0.15) is 31.9 Å². The zero-order valence-corrected chi connectivity index (χ0v) is 13.0. The Hall–Kier alpha value is -2.70. The molecular formula is C16H20N4O3. The summed E-state index contributed by atoms with van der Waals surface area (Å²) in [5.74, 6) is -1.37. The van der Waals surface area contributed by atoms with Crippen LogP contribution < -0.4 is 16.2 Å². The second kappa shape index (κ2) is 8.07. The molecule has 0 atom stereocenters. The van der Waals surface area contributed by atoms with Crippen molar-refractivity contribution in [2.45, 2.75) is 32.7 Å². The lowest BCUT2D eigenvalue weighted by atomic mass is 10.1. The van der Waals surface area contributed by atoms with Crippen LogP contribution in [-0.4, -0.2) is 28.6 Å². The number of benzene rings is 1. The van der Waals surface area contributed by atoms with Gasteiger partial charge in [0.25, 0.3) is 5.56 Å². The highest BCUT2D eigenvalue weighted by Crippen LogP contribution is 2.11. The maximum atomic E-state index is 11.8. The molecule has 1 heterocycles. The number of nitrogens with one attached hydrogen (secondary N) is 3. The number of carbonyl (C=O) groups excluding carboxylic acids is 2. The highest BCUT2D eigenvalue weighted by atomic mass is 16.2. The number of unbranched alkanes of at least 4 members (excludes halogenated alkanes) is 2. The van der Waals surface area contributed by atoms with Gasteiger partial charge in [0.1, 0.15) is 0 Å². The van der Waals surface area contributed by atoms with E-state index in [0.29, 0.717) is 23.0 Å². The lowest BCUT2D eigenvalue weighted by molar-refractivity contribution is -0.139. The number of H-pyrrole nitrogens is 1. The summed E-state index contributed by atoms with van der Waals surface area (Å²) in [6.45, 7) is 2.62. The van der Waals surface area contributed by atoms with Crippen LogP contribution in [-0.2, 0) is 16.1 Å². The summed E-state index contributed by atoms with van der Waals surface area (Å²) in [5.41, 5.74) is 0.219. The number of carbonyl (C=O) groups is 2. The summed E-state index contributed by atoms with van der Waals surface area (Å²) in [5, 5.41) is 12.6. The zero-order valence-electron chi connectivity index (χ0n) is 13.0. The number of amides is 2. The largest absolute Gasteiger partial charge is 0.348 e. The minimum atomic E-state index is -0.710. The molecular weight excluding hydrogens is 296 g/mol. The SMILES string of the molecule is CCCCCNC(=O)C(=O)NCc1n[nH]c(=O)c2ccccc12. The van der Waals surface area contributed by atoms with Gasteiger partial charge in [0.2, 0.25) is 0 Å². The van der Waals surface area contributed by atoms with Crippen LogP contribution in [0.15, 0.2) is 29.1 Å². The second-order valence-corrected chi connectivity index (χ2v) is 5.19. The minimum absolute atomic E-state index is 0.0680. The van der Waals surface area contributed by atoms with Crippen molar-refractivity contribution in [1.29, 1.82) is 0 Å². The molecule has 7 nitrogen and oxygen atoms in total. The number of hydrogen-bond donors (Lipinski definition) is 3. The molecule has 122 valence electrons. The topological polar surface area (TPSA) is 104 Å². The van der Waals surface area contributed by atoms with E-state index < -0.39 is 11.8 Å². The first-order valence-electron chi connectivity index (χ1n) is 7.65. The summed E-state index contributed by atoms with van der Waals surface area (Å²) in [4.78, 5) is 35.1. The van der Waals surface area contributed by atoms with Crippen LogP contribution in [0, 0.1) is 0 Å². The van der Waals surface area contributed by atoms with Crippen molar-refractivity contribution in [3.63, 3.8) is 0 Å². The Labute approximate surface area is 133 Å². The maximum Gasteiger partial charge on any atom is 0.309 e. The standard InChI is InChI=1S/C16H20N4O3/c1-2-3-6-9-17-15(22)16(23)18-10-13-11-7-4-5-8-12(11)14(21)20-19-13/h4-5,7-8H,2-3,6,9-10H2,1H3,(H,17,22)(H,18,23)(H,20,21). The molecule has 3 N–H and O–H groups in total. The minimum Gasteiger partial charge on any atom is -0.348 e. The molecule has 0 aliphatic rings. The number of fused-ring (bicyclic) bond motifs is 1. The number of aromatic nitrogens is 2. The van der Waals surface area contributed by atoms with Crippen molar-refractivity contribution in [2.75, 3.05) is 6.54 Å². The number of rotatable bonds is 6. The summed E-state index contributed by atoms with van der Waals surface area (Å²) in [6, 6.07) is 6.98. The summed E-state index contributed by atoms with van der Waals surface area (Å²) < 4.78 is 0. The average Bonchev–Trinajstić information content (AvgIpc) is 2.58. The Morgan fingerprint density at radius 2 is 1.78 bits per heavy atom. The zero-order chi connectivity index (χ0) is 16.7. The Morgan fingerprint density at radius 3 is 2.52 bits per heavy atom. The molecule has 1 aromatic heterocycles. The molecule has 2 aromatic rings. The van der Waals surface area contributed by atoms with Crippen LogP contribution in [0.25, 0.3) is 10.8 Å². The fourth-order valence-corrected chi connectivity index (χ4v) is 2.21. The third-order valence-corrected chi connectivity index (χ3v) is 3.46. The van der Waals surface area contributed by atoms with E-state index in [4.69, 9.17) is 0 Å². The van der Waals surface area contributed by atoms with Crippen molar-refractivity contribution >= 4 is 22.6 Å². The predicted molar refractivity (Wildman–Crippen MR) is 86.7 cm³/mol. The lowest BCUT2D eigenvalue weighted by Crippen LogP contribution is -2.40. The van der Waals surface area contributed by atoms with Gasteiger partial charge in [-0.1, -0.05) is 38.0 Å². The lowest BCUT2D eigenvalue weighted by Gasteiger charge is -2.07. The van der Waals surface area contributed by atoms with E-state index in [1.807, 2.05) is 0 Å². The molecule has 7 heteroatoms. The van der Waals surface area contributed by atoms with Crippen molar-refractivity contribution < 1.29 is 9.59 Å². The van der Waals surface area contributed by atoms with E-state index in [1.54, 1.807) is 24.3 Å². The number of nitrogens with zero attached hydrogens (tertiary/aromatic N) is 1. The Morgan fingerprint density at radius 1 is 1.09 bits per heavy atom. The van der Waals surface area contributed by atoms with Gasteiger partial charge in [0.05, 0.1) is 17.6 Å². The summed E-state index contributed by atoms with van der Waals surface area (Å²) >= 11 is 0. The molecule has 0 aliphatic carbocycles. The Bertz CT molecular complexity index is 754. The molecule has 0 radical (unpaired) electrons. The van der Waals surface area contributed by atoms with Crippen LogP contribution in [0.2, 0.25) is 0 Å². The molecule has 0 unspecified atom stereocenters. The van der Waals surface area contributed by atoms with Crippen molar-refractivity contribution in [1.82, 2.24) is 20.8 Å². The van der Waals surface area contributed by atoms with E-state index in [9.17, 15) is 14.4 Å². The third-order valence-electron chi connectivity index (χ3n) is 3.46. The average molecular weight is 316 g/mol. The monoisotopic (exact) mass is 316 g/mol. The van der Waals surface area contributed by atoms with Gasteiger partial charge >= 0.3 is 11.8 Å². The molecule has 0 spiro atoms. The normalized spacial score (nSPS) is 10.5. The fourth-order valence-electron chi connectivity index (χ4n) is 2.21. The quantitative estimate of drug-likeness (QED) is 0.543. The van der Waals surface area contributed by atoms with E-state index >= 15 is 0 Å². The van der Waals surface area contributed by atoms with Gasteiger partial charge in [-0.15, -0.1) is 0 Å². The molecule has 23 heavy (non-hydrogen) atoms. The van der Waals surface area contributed by atoms with Gasteiger partial charge < -0.3 is 10.6 Å². The van der Waals surface area contributed by atoms with Crippen LogP contribution in [0.3, 0.4) is 0 Å². The fraction of sp³-hybridized carbons (Fsp3) is 0.375. The van der Waals surface area contributed by atoms with Gasteiger partial charge in [0, 0.05) is 11.9 Å². The second-order valence-electron chi connectivity index (χ2n) is 5.19. The number of aromatic amines is 1. The highest BCUT2D eigenvalue weighted by molar-refractivity contribution is 6.35. The number of hydrogen-bond acceptors (Lipinski definition) is 4. The molecule has 1 aromatic carbocycles. The van der Waals surface area contributed by atoms with E-state index in [-0.39, 0.29) is 12.1 Å². The van der Waals surface area contributed by atoms with E-state index in [0.717, 1.165) is 19.3 Å². The molecule has 0 aliphatic heterocycles. The first kappa shape index (κ1) is 16.7. The van der Waals surface area contributed by atoms with Gasteiger partial charge in [-0.3, -0.25) is 14.4 Å². The van der Waals surface area contributed by atoms with Gasteiger partial charge in [-0.05, 0) is 12.5 Å². The summed E-state index contributed by atoms with van der Waals surface area (Å²) in [7, 11) is 0. The van der Waals surface area contributed by atoms with Gasteiger partial charge in [-0.2, -0.15) is 5.10 Å². The van der Waals surface area contributed by atoms with Crippen LogP contribution >= 0.6 is 0 Å². The molecule has 0 fully saturated rings. The molecule has 0 saturated carbocycles. The van der Waals surface area contributed by atoms with Crippen LogP contribution in [0.5, 0.6) is 0 Å². The van der Waals surface area contributed by atoms with Crippen LogP contribution in [0.4, 0.5) is 0 Å². The Kier molecular flexibility index (Phi) is 5.85. The molecule has 0 saturated heterocycles. The van der Waals surface area contributed by atoms with Gasteiger partial charge in [-0.25, -0.2) is 5.10 Å². The van der Waals surface area contributed by atoms with Crippen molar-refractivity contribution in [2.24, 2.45) is 0 Å². The van der Waals surface area contributed by atoms with Crippen molar-refractivity contribution in [3.8, 4) is 0 Å².